The minimum atomic E-state index is -0.316. The third-order valence-electron chi connectivity index (χ3n) is 5.98. The van der Waals surface area contributed by atoms with Crippen molar-refractivity contribution in [3.63, 3.8) is 0 Å². The molecule has 0 bridgehead atoms. The molecule has 1 aliphatic heterocycles. The predicted molar refractivity (Wildman–Crippen MR) is 110 cm³/mol. The van der Waals surface area contributed by atoms with Gasteiger partial charge in [-0.1, -0.05) is 54.1 Å². The van der Waals surface area contributed by atoms with Gasteiger partial charge in [0.25, 0.3) is 0 Å². The molecule has 4 heteroatoms. The van der Waals surface area contributed by atoms with Gasteiger partial charge >= 0.3 is 0 Å². The zero-order chi connectivity index (χ0) is 18.7. The average molecular weight is 383 g/mol. The highest BCUT2D eigenvalue weighted by Crippen LogP contribution is 2.48. The maximum absolute atomic E-state index is 12.9. The molecule has 3 nitrogen and oxygen atoms in total. The first-order chi connectivity index (χ1) is 13.2. The molecule has 1 aliphatic carbocycles. The van der Waals surface area contributed by atoms with Crippen molar-refractivity contribution in [1.29, 1.82) is 0 Å². The van der Waals surface area contributed by atoms with Crippen LogP contribution in [0.1, 0.15) is 36.8 Å². The fourth-order valence-electron chi connectivity index (χ4n) is 4.25. The van der Waals surface area contributed by atoms with E-state index in [0.717, 1.165) is 49.6 Å². The van der Waals surface area contributed by atoms with E-state index in [1.54, 1.807) is 0 Å². The fraction of sp³-hybridized carbons (Fsp3) is 0.435. The van der Waals surface area contributed by atoms with Crippen molar-refractivity contribution < 1.29 is 4.79 Å². The number of nitrogens with zero attached hydrogens (tertiary/aromatic N) is 1. The van der Waals surface area contributed by atoms with Crippen LogP contribution < -0.4 is 5.32 Å². The van der Waals surface area contributed by atoms with E-state index >= 15 is 0 Å². The summed E-state index contributed by atoms with van der Waals surface area (Å²) in [5, 5.41) is 3.97. The summed E-state index contributed by atoms with van der Waals surface area (Å²) in [5.41, 5.74) is 2.14. The molecule has 0 spiro atoms. The Labute approximate surface area is 166 Å². The summed E-state index contributed by atoms with van der Waals surface area (Å²) in [6.45, 7) is 3.98. The summed E-state index contributed by atoms with van der Waals surface area (Å²) < 4.78 is 0. The summed E-state index contributed by atoms with van der Waals surface area (Å²) in [7, 11) is 0. The molecule has 1 saturated carbocycles. The van der Waals surface area contributed by atoms with Crippen molar-refractivity contribution >= 4 is 17.5 Å². The van der Waals surface area contributed by atoms with Crippen LogP contribution in [0.4, 0.5) is 0 Å². The molecule has 142 valence electrons. The molecular weight excluding hydrogens is 356 g/mol. The molecule has 1 atom stereocenters. The molecule has 1 unspecified atom stereocenters. The SMILES string of the molecule is O=C(NCC1CCCN(Cc2ccccc2)C1)C1(c2ccc(Cl)cc2)CC1. The van der Waals surface area contributed by atoms with Crippen LogP contribution in [0.5, 0.6) is 0 Å². The number of halogens is 1. The molecule has 2 fully saturated rings. The maximum Gasteiger partial charge on any atom is 0.230 e. The molecule has 1 saturated heterocycles. The van der Waals surface area contributed by atoms with Crippen LogP contribution in [0.2, 0.25) is 5.02 Å². The van der Waals surface area contributed by atoms with Gasteiger partial charge in [0.05, 0.1) is 5.41 Å². The van der Waals surface area contributed by atoms with Gasteiger partial charge in [0.15, 0.2) is 0 Å². The van der Waals surface area contributed by atoms with Crippen LogP contribution in [0.15, 0.2) is 54.6 Å². The number of nitrogens with one attached hydrogen (secondary N) is 1. The number of likely N-dealkylation sites (tertiary alicyclic amines) is 1. The number of benzene rings is 2. The Morgan fingerprint density at radius 2 is 1.85 bits per heavy atom. The van der Waals surface area contributed by atoms with Gasteiger partial charge < -0.3 is 5.32 Å². The Kier molecular flexibility index (Phi) is 5.51. The van der Waals surface area contributed by atoms with Crippen LogP contribution in [0.25, 0.3) is 0 Å². The van der Waals surface area contributed by atoms with E-state index < -0.39 is 0 Å². The third kappa shape index (κ3) is 4.36. The van der Waals surface area contributed by atoms with Crippen molar-refractivity contribution in [1.82, 2.24) is 10.2 Å². The van der Waals surface area contributed by atoms with Crippen molar-refractivity contribution in [2.45, 2.75) is 37.6 Å². The number of carbonyl (C=O) groups excluding carboxylic acids is 1. The molecule has 0 aromatic heterocycles. The Balaban J connectivity index is 1.30. The highest BCUT2D eigenvalue weighted by molar-refractivity contribution is 6.30. The number of piperidine rings is 1. The van der Waals surface area contributed by atoms with Gasteiger partial charge in [-0.25, -0.2) is 0 Å². The molecule has 1 amide bonds. The number of rotatable bonds is 6. The number of carbonyl (C=O) groups is 1. The van der Waals surface area contributed by atoms with Crippen molar-refractivity contribution in [2.24, 2.45) is 5.92 Å². The predicted octanol–water partition coefficient (Wildman–Crippen LogP) is 4.40. The summed E-state index contributed by atoms with van der Waals surface area (Å²) >= 11 is 5.99. The molecule has 2 aromatic carbocycles. The summed E-state index contributed by atoms with van der Waals surface area (Å²) in [4.78, 5) is 15.4. The van der Waals surface area contributed by atoms with Gasteiger partial charge in [0.1, 0.15) is 0 Å². The van der Waals surface area contributed by atoms with Crippen molar-refractivity contribution in [3.8, 4) is 0 Å². The lowest BCUT2D eigenvalue weighted by atomic mass is 9.93. The van der Waals surface area contributed by atoms with Gasteiger partial charge in [0, 0.05) is 24.7 Å². The van der Waals surface area contributed by atoms with E-state index in [2.05, 4.69) is 40.5 Å². The molecule has 2 aliphatic rings. The van der Waals surface area contributed by atoms with Crippen molar-refractivity contribution in [2.75, 3.05) is 19.6 Å². The van der Waals surface area contributed by atoms with E-state index in [1.807, 2.05) is 24.3 Å². The van der Waals surface area contributed by atoms with Gasteiger partial charge in [-0.15, -0.1) is 0 Å². The minimum Gasteiger partial charge on any atom is -0.355 e. The summed E-state index contributed by atoms with van der Waals surface area (Å²) in [5.74, 6) is 0.720. The Morgan fingerprint density at radius 1 is 1.11 bits per heavy atom. The normalized spacial score (nSPS) is 21.6. The summed E-state index contributed by atoms with van der Waals surface area (Å²) in [6, 6.07) is 18.4. The first-order valence-electron chi connectivity index (χ1n) is 9.96. The lowest BCUT2D eigenvalue weighted by Crippen LogP contribution is -2.43. The van der Waals surface area contributed by atoms with Gasteiger partial charge in [0.2, 0.25) is 5.91 Å². The Bertz CT molecular complexity index is 771. The van der Waals surface area contributed by atoms with E-state index in [-0.39, 0.29) is 11.3 Å². The molecule has 27 heavy (non-hydrogen) atoms. The lowest BCUT2D eigenvalue weighted by Gasteiger charge is -2.33. The van der Waals surface area contributed by atoms with E-state index in [0.29, 0.717) is 5.92 Å². The van der Waals surface area contributed by atoms with Crippen LogP contribution >= 0.6 is 11.6 Å². The van der Waals surface area contributed by atoms with Gasteiger partial charge in [-0.05, 0) is 61.4 Å². The van der Waals surface area contributed by atoms with Crippen LogP contribution in [0.3, 0.4) is 0 Å². The number of hydrogen-bond donors (Lipinski definition) is 1. The maximum atomic E-state index is 12.9. The second-order valence-electron chi connectivity index (χ2n) is 8.03. The molecule has 1 heterocycles. The zero-order valence-electron chi connectivity index (χ0n) is 15.7. The Hall–Kier alpha value is -1.84. The highest BCUT2D eigenvalue weighted by Gasteiger charge is 2.51. The third-order valence-corrected chi connectivity index (χ3v) is 6.24. The minimum absolute atomic E-state index is 0.185. The smallest absolute Gasteiger partial charge is 0.230 e. The summed E-state index contributed by atoms with van der Waals surface area (Å²) in [6.07, 6.45) is 4.27. The van der Waals surface area contributed by atoms with E-state index in [9.17, 15) is 4.79 Å². The monoisotopic (exact) mass is 382 g/mol. The van der Waals surface area contributed by atoms with Crippen LogP contribution in [0, 0.1) is 5.92 Å². The van der Waals surface area contributed by atoms with Gasteiger partial charge in [-0.3, -0.25) is 9.69 Å². The second-order valence-corrected chi connectivity index (χ2v) is 8.46. The number of amides is 1. The average Bonchev–Trinajstić information content (AvgIpc) is 3.50. The fourth-order valence-corrected chi connectivity index (χ4v) is 4.38. The molecule has 4 rings (SSSR count). The highest BCUT2D eigenvalue weighted by atomic mass is 35.5. The quantitative estimate of drug-likeness (QED) is 0.803. The van der Waals surface area contributed by atoms with Gasteiger partial charge in [-0.2, -0.15) is 0 Å². The van der Waals surface area contributed by atoms with E-state index in [4.69, 9.17) is 11.6 Å². The van der Waals surface area contributed by atoms with E-state index in [1.165, 1.54) is 18.4 Å². The molecule has 1 N–H and O–H groups in total. The molecule has 0 radical (unpaired) electrons. The standard InChI is InChI=1S/C23H27ClN2O/c24-21-10-8-20(9-11-21)23(12-13-23)22(27)25-15-19-7-4-14-26(17-19)16-18-5-2-1-3-6-18/h1-3,5-6,8-11,19H,4,7,12-17H2,(H,25,27). The first-order valence-corrected chi connectivity index (χ1v) is 10.3. The Morgan fingerprint density at radius 3 is 2.56 bits per heavy atom. The topological polar surface area (TPSA) is 32.3 Å². The van der Waals surface area contributed by atoms with Crippen LogP contribution in [-0.4, -0.2) is 30.4 Å². The zero-order valence-corrected chi connectivity index (χ0v) is 16.4. The largest absolute Gasteiger partial charge is 0.355 e. The first kappa shape index (κ1) is 18.5. The lowest BCUT2D eigenvalue weighted by molar-refractivity contribution is -0.123. The second kappa shape index (κ2) is 8.04. The molecule has 2 aromatic rings. The van der Waals surface area contributed by atoms with Crippen molar-refractivity contribution in [3.05, 3.63) is 70.7 Å². The molecular formula is C23H27ClN2O. The van der Waals surface area contributed by atoms with Crippen LogP contribution in [-0.2, 0) is 16.8 Å². The number of hydrogen-bond acceptors (Lipinski definition) is 2.